The number of benzene rings is 3. The summed E-state index contributed by atoms with van der Waals surface area (Å²) in [6, 6.07) is 16.0. The van der Waals surface area contributed by atoms with E-state index in [2.05, 4.69) is 17.4 Å². The van der Waals surface area contributed by atoms with Crippen LogP contribution in [0.4, 0.5) is 13.2 Å². The number of β-amino-alcohol motifs (C(OH)–C–C–N with tert-alkyl or cyclic N) is 1. The average Bonchev–Trinajstić information content (AvgIpc) is 3.36. The van der Waals surface area contributed by atoms with E-state index in [4.69, 9.17) is 5.11 Å². The van der Waals surface area contributed by atoms with Crippen LogP contribution in [0.1, 0.15) is 54.5 Å². The van der Waals surface area contributed by atoms with Crippen LogP contribution in [-0.2, 0) is 40.3 Å². The largest absolute Gasteiger partial charge is 0.481 e. The van der Waals surface area contributed by atoms with Gasteiger partial charge in [0.2, 0.25) is 10.0 Å². The monoisotopic (exact) mass is 646 g/mol. The van der Waals surface area contributed by atoms with Crippen molar-refractivity contribution in [1.29, 1.82) is 0 Å². The van der Waals surface area contributed by atoms with E-state index in [9.17, 15) is 31.5 Å². The number of likely N-dealkylation sites (N-methyl/N-ethyl adjacent to an activating group) is 1. The second kappa shape index (κ2) is 13.6. The zero-order valence-corrected chi connectivity index (χ0v) is 26.8. The number of halogens is 3. The van der Waals surface area contributed by atoms with Gasteiger partial charge < -0.3 is 15.5 Å². The summed E-state index contributed by atoms with van der Waals surface area (Å²) in [5.74, 6) is -0.515. The third-order valence-electron chi connectivity index (χ3n) is 8.39. The van der Waals surface area contributed by atoms with Crippen molar-refractivity contribution >= 4 is 16.0 Å². The molecule has 244 valence electrons. The molecule has 1 atom stereocenters. The van der Waals surface area contributed by atoms with Gasteiger partial charge in [-0.1, -0.05) is 42.5 Å². The number of nitrogens with zero attached hydrogens (tertiary/aromatic N) is 1. The second-order valence-corrected chi connectivity index (χ2v) is 14.8. The number of fused-ring (bicyclic) bond motifs is 1. The first-order chi connectivity index (χ1) is 20.9. The molecule has 0 fully saturated rings. The average molecular weight is 647 g/mol. The number of nitrogens with one attached hydrogen (secondary N) is 1. The Hall–Kier alpha value is -3.25. The van der Waals surface area contributed by atoms with Crippen LogP contribution in [-0.4, -0.2) is 60.7 Å². The first-order valence-corrected chi connectivity index (χ1v) is 16.4. The highest BCUT2D eigenvalue weighted by molar-refractivity contribution is 7.89. The first kappa shape index (κ1) is 34.6. The second-order valence-electron chi connectivity index (χ2n) is 12.7. The van der Waals surface area contributed by atoms with E-state index < -0.39 is 38.7 Å². The standard InChI is InChI=1S/C34H41F3N2O5S/c1-22-13-23(10-12-32(41)42)9-11-31(22)27-16-28(34(35,36)37)18-30(17-27)45(43,44)39(4)21-29(40)20-38-33(2,3)19-24-14-25-7-5-6-8-26(25)15-24/h5-9,11,13,16-18,24,29,38,40H,10,12,14-15,19-21H2,1-4H3,(H,41,42)/t29-/m1/s1. The normalized spacial score (nSPS) is 15.0. The van der Waals surface area contributed by atoms with Gasteiger partial charge in [-0.25, -0.2) is 8.42 Å². The molecule has 0 aromatic heterocycles. The summed E-state index contributed by atoms with van der Waals surface area (Å²) in [7, 11) is -3.17. The van der Waals surface area contributed by atoms with Gasteiger partial charge in [0.15, 0.2) is 0 Å². The molecule has 0 heterocycles. The summed E-state index contributed by atoms with van der Waals surface area (Å²) < 4.78 is 69.7. The molecule has 45 heavy (non-hydrogen) atoms. The summed E-state index contributed by atoms with van der Waals surface area (Å²) >= 11 is 0. The molecule has 0 saturated heterocycles. The van der Waals surface area contributed by atoms with E-state index in [1.807, 2.05) is 26.0 Å². The number of hydrogen-bond acceptors (Lipinski definition) is 5. The smallest absolute Gasteiger partial charge is 0.416 e. The van der Waals surface area contributed by atoms with E-state index in [0.717, 1.165) is 29.6 Å². The van der Waals surface area contributed by atoms with Crippen molar-refractivity contribution in [2.24, 2.45) is 5.92 Å². The van der Waals surface area contributed by atoms with E-state index in [0.29, 0.717) is 28.7 Å². The summed E-state index contributed by atoms with van der Waals surface area (Å²) in [6.07, 6.45) is -2.91. The van der Waals surface area contributed by atoms with Crippen molar-refractivity contribution in [1.82, 2.24) is 9.62 Å². The van der Waals surface area contributed by atoms with Crippen LogP contribution in [0.5, 0.6) is 0 Å². The van der Waals surface area contributed by atoms with Crippen LogP contribution in [0.15, 0.2) is 65.6 Å². The Morgan fingerprint density at radius 2 is 1.69 bits per heavy atom. The predicted octanol–water partition coefficient (Wildman–Crippen LogP) is 5.85. The number of carboxylic acid groups (broad SMARTS) is 1. The minimum Gasteiger partial charge on any atom is -0.481 e. The number of sulfonamides is 1. The molecule has 0 spiro atoms. The molecule has 0 bridgehead atoms. The van der Waals surface area contributed by atoms with E-state index in [-0.39, 0.29) is 37.0 Å². The zero-order chi connectivity index (χ0) is 33.2. The Morgan fingerprint density at radius 1 is 1.04 bits per heavy atom. The minimum atomic E-state index is -4.80. The van der Waals surface area contributed by atoms with Crippen molar-refractivity contribution in [3.8, 4) is 11.1 Å². The number of aryl methyl sites for hydroxylation is 2. The Bertz CT molecular complexity index is 1610. The lowest BCUT2D eigenvalue weighted by Gasteiger charge is -2.31. The van der Waals surface area contributed by atoms with Gasteiger partial charge in [-0.2, -0.15) is 17.5 Å². The molecular formula is C34H41F3N2O5S. The highest BCUT2D eigenvalue weighted by Gasteiger charge is 2.34. The third-order valence-corrected chi connectivity index (χ3v) is 10.2. The van der Waals surface area contributed by atoms with Gasteiger partial charge in [-0.05, 0) is 104 Å². The molecular weight excluding hydrogens is 605 g/mol. The van der Waals surface area contributed by atoms with Crippen LogP contribution < -0.4 is 5.32 Å². The van der Waals surface area contributed by atoms with Gasteiger partial charge in [0.1, 0.15) is 0 Å². The number of aliphatic carboxylic acids is 1. The molecule has 0 unspecified atom stereocenters. The third kappa shape index (κ3) is 8.94. The summed E-state index contributed by atoms with van der Waals surface area (Å²) in [5, 5.41) is 23.1. The molecule has 0 radical (unpaired) electrons. The highest BCUT2D eigenvalue weighted by Crippen LogP contribution is 2.36. The quantitative estimate of drug-likeness (QED) is 0.215. The van der Waals surface area contributed by atoms with E-state index in [1.165, 1.54) is 24.2 Å². The molecule has 1 aliphatic rings. The number of rotatable bonds is 13. The maximum atomic E-state index is 13.9. The SMILES string of the molecule is Cc1cc(CCC(=O)O)ccc1-c1cc(C(F)(F)F)cc(S(=O)(=O)N(C)C[C@H](O)CNC(C)(C)CC2Cc3ccccc3C2)c1. The van der Waals surface area contributed by atoms with Crippen LogP contribution in [0, 0.1) is 12.8 Å². The Balaban J connectivity index is 1.46. The van der Waals surface area contributed by atoms with Gasteiger partial charge in [-0.3, -0.25) is 4.79 Å². The first-order valence-electron chi connectivity index (χ1n) is 14.9. The molecule has 0 saturated carbocycles. The number of alkyl halides is 3. The van der Waals surface area contributed by atoms with Crippen LogP contribution in [0.3, 0.4) is 0 Å². The lowest BCUT2D eigenvalue weighted by Crippen LogP contribution is -2.47. The van der Waals surface area contributed by atoms with Crippen molar-refractivity contribution < 1.29 is 36.6 Å². The molecule has 0 amide bonds. The minimum absolute atomic E-state index is 0.0668. The van der Waals surface area contributed by atoms with Gasteiger partial charge in [0.05, 0.1) is 16.6 Å². The maximum absolute atomic E-state index is 13.9. The molecule has 3 N–H and O–H groups in total. The summed E-state index contributed by atoms with van der Waals surface area (Å²) in [6.45, 7) is 5.54. The van der Waals surface area contributed by atoms with Gasteiger partial charge in [0, 0.05) is 32.1 Å². The zero-order valence-electron chi connectivity index (χ0n) is 26.0. The number of aliphatic hydroxyl groups excluding tert-OH is 1. The van der Waals surface area contributed by atoms with Crippen molar-refractivity contribution in [3.05, 3.63) is 88.5 Å². The Kier molecular flexibility index (Phi) is 10.5. The number of carboxylic acids is 1. The molecule has 1 aliphatic carbocycles. The molecule has 7 nitrogen and oxygen atoms in total. The number of aliphatic hydroxyl groups is 1. The van der Waals surface area contributed by atoms with Gasteiger partial charge in [0.25, 0.3) is 0 Å². The summed E-state index contributed by atoms with van der Waals surface area (Å²) in [4.78, 5) is 10.4. The predicted molar refractivity (Wildman–Crippen MR) is 167 cm³/mol. The molecule has 4 rings (SSSR count). The number of carbonyl (C=O) groups is 1. The molecule has 0 aliphatic heterocycles. The van der Waals surface area contributed by atoms with Crippen LogP contribution >= 0.6 is 0 Å². The fourth-order valence-corrected chi connectivity index (χ4v) is 7.43. The van der Waals surface area contributed by atoms with E-state index in [1.54, 1.807) is 25.1 Å². The molecule has 3 aromatic rings. The fraction of sp³-hybridized carbons (Fsp3) is 0.441. The van der Waals surface area contributed by atoms with E-state index >= 15 is 0 Å². The van der Waals surface area contributed by atoms with Crippen molar-refractivity contribution in [3.63, 3.8) is 0 Å². The molecule has 3 aromatic carbocycles. The maximum Gasteiger partial charge on any atom is 0.416 e. The Labute approximate surface area is 263 Å². The Morgan fingerprint density at radius 3 is 2.27 bits per heavy atom. The lowest BCUT2D eigenvalue weighted by molar-refractivity contribution is -0.138. The lowest BCUT2D eigenvalue weighted by atomic mass is 9.88. The van der Waals surface area contributed by atoms with Crippen LogP contribution in [0.2, 0.25) is 0 Å². The van der Waals surface area contributed by atoms with Crippen molar-refractivity contribution in [2.45, 2.75) is 75.6 Å². The van der Waals surface area contributed by atoms with Crippen molar-refractivity contribution in [2.75, 3.05) is 20.1 Å². The number of hydrogen-bond donors (Lipinski definition) is 3. The van der Waals surface area contributed by atoms with Gasteiger partial charge in [-0.15, -0.1) is 0 Å². The summed E-state index contributed by atoms with van der Waals surface area (Å²) in [5.41, 5.74) is 3.02. The molecule has 11 heteroatoms. The van der Waals surface area contributed by atoms with Gasteiger partial charge >= 0.3 is 12.1 Å². The highest BCUT2D eigenvalue weighted by atomic mass is 32.2. The fourth-order valence-electron chi connectivity index (χ4n) is 6.15. The van der Waals surface area contributed by atoms with Crippen LogP contribution in [0.25, 0.3) is 11.1 Å². The topological polar surface area (TPSA) is 107 Å².